The summed E-state index contributed by atoms with van der Waals surface area (Å²) in [5, 5.41) is 2.76. The molecule has 0 saturated heterocycles. The molecule has 5 nitrogen and oxygen atoms in total. The molecule has 1 N–H and O–H groups in total. The summed E-state index contributed by atoms with van der Waals surface area (Å²) in [4.78, 5) is 11.8. The van der Waals surface area contributed by atoms with E-state index in [1.165, 1.54) is 0 Å². The van der Waals surface area contributed by atoms with Crippen molar-refractivity contribution in [3.8, 4) is 11.5 Å². The normalized spacial score (nSPS) is 10.1. The molecule has 0 unspecified atom stereocenters. The molecular weight excluding hydrogens is 282 g/mol. The Morgan fingerprint density at radius 1 is 1.00 bits per heavy atom. The van der Waals surface area contributed by atoms with Gasteiger partial charge in [0.1, 0.15) is 18.1 Å². The number of amides is 1. The van der Waals surface area contributed by atoms with E-state index in [-0.39, 0.29) is 12.5 Å². The number of hydrogen-bond donors (Lipinski definition) is 1. The van der Waals surface area contributed by atoms with Crippen molar-refractivity contribution < 1.29 is 19.0 Å². The lowest BCUT2D eigenvalue weighted by Crippen LogP contribution is -2.18. The Labute approximate surface area is 129 Å². The fourth-order valence-corrected chi connectivity index (χ4v) is 1.90. The zero-order valence-corrected chi connectivity index (χ0v) is 12.7. The first-order valence-corrected chi connectivity index (χ1v) is 6.86. The van der Waals surface area contributed by atoms with Gasteiger partial charge in [0.05, 0.1) is 20.8 Å². The lowest BCUT2D eigenvalue weighted by atomic mass is 10.2. The van der Waals surface area contributed by atoms with Gasteiger partial charge in [-0.3, -0.25) is 4.79 Å². The van der Waals surface area contributed by atoms with Crippen LogP contribution in [-0.2, 0) is 16.1 Å². The number of carbonyl (C=O) groups excluding carboxylic acids is 1. The lowest BCUT2D eigenvalue weighted by Gasteiger charge is -2.08. The Kier molecular flexibility index (Phi) is 5.80. The van der Waals surface area contributed by atoms with E-state index in [9.17, 15) is 4.79 Å². The predicted molar refractivity (Wildman–Crippen MR) is 84.3 cm³/mol. The van der Waals surface area contributed by atoms with E-state index in [0.717, 1.165) is 17.1 Å². The molecule has 0 saturated carbocycles. The van der Waals surface area contributed by atoms with Gasteiger partial charge in [-0.15, -0.1) is 0 Å². The molecule has 0 bridgehead atoms. The summed E-state index contributed by atoms with van der Waals surface area (Å²) < 4.78 is 15.6. The predicted octanol–water partition coefficient (Wildman–Crippen LogP) is 2.86. The van der Waals surface area contributed by atoms with Gasteiger partial charge in [0.15, 0.2) is 0 Å². The molecule has 0 fully saturated rings. The molecule has 22 heavy (non-hydrogen) atoms. The molecule has 0 atom stereocenters. The minimum absolute atomic E-state index is 0.0107. The maximum Gasteiger partial charge on any atom is 0.250 e. The summed E-state index contributed by atoms with van der Waals surface area (Å²) in [6.07, 6.45) is 0. The van der Waals surface area contributed by atoms with Crippen LogP contribution in [0.3, 0.4) is 0 Å². The minimum atomic E-state index is -0.201. The van der Waals surface area contributed by atoms with Gasteiger partial charge >= 0.3 is 0 Å². The fourth-order valence-electron chi connectivity index (χ4n) is 1.90. The summed E-state index contributed by atoms with van der Waals surface area (Å²) in [5.74, 6) is 1.31. The standard InChI is InChI=1S/C17H19NO4/c1-20-15-8-6-14(7-9-15)18-17(19)12-22-11-13-4-3-5-16(10-13)21-2/h3-10H,11-12H2,1-2H3,(H,18,19). The van der Waals surface area contributed by atoms with Crippen molar-refractivity contribution in [2.45, 2.75) is 6.61 Å². The van der Waals surface area contributed by atoms with Gasteiger partial charge in [-0.2, -0.15) is 0 Å². The first-order valence-electron chi connectivity index (χ1n) is 6.86. The third kappa shape index (κ3) is 4.79. The quantitative estimate of drug-likeness (QED) is 0.854. The van der Waals surface area contributed by atoms with Crippen LogP contribution < -0.4 is 14.8 Å². The third-order valence-corrected chi connectivity index (χ3v) is 3.01. The highest BCUT2D eigenvalue weighted by Crippen LogP contribution is 2.15. The monoisotopic (exact) mass is 301 g/mol. The van der Waals surface area contributed by atoms with E-state index in [1.807, 2.05) is 24.3 Å². The number of methoxy groups -OCH3 is 2. The van der Waals surface area contributed by atoms with Crippen LogP contribution in [-0.4, -0.2) is 26.7 Å². The summed E-state index contributed by atoms with van der Waals surface area (Å²) in [5.41, 5.74) is 1.66. The van der Waals surface area contributed by atoms with Crippen LogP contribution in [0.4, 0.5) is 5.69 Å². The van der Waals surface area contributed by atoms with Crippen molar-refractivity contribution in [3.63, 3.8) is 0 Å². The second kappa shape index (κ2) is 8.05. The highest BCUT2D eigenvalue weighted by molar-refractivity contribution is 5.91. The maximum absolute atomic E-state index is 11.8. The number of carbonyl (C=O) groups is 1. The molecule has 0 aliphatic rings. The molecule has 0 heterocycles. The molecule has 2 rings (SSSR count). The SMILES string of the molecule is COc1ccc(NC(=O)COCc2cccc(OC)c2)cc1. The largest absolute Gasteiger partial charge is 0.497 e. The molecule has 1 amide bonds. The molecular formula is C17H19NO4. The van der Waals surface area contributed by atoms with E-state index in [4.69, 9.17) is 14.2 Å². The van der Waals surface area contributed by atoms with Crippen molar-refractivity contribution in [2.75, 3.05) is 26.1 Å². The smallest absolute Gasteiger partial charge is 0.250 e. The van der Waals surface area contributed by atoms with E-state index in [2.05, 4.69) is 5.32 Å². The van der Waals surface area contributed by atoms with Gasteiger partial charge in [-0.05, 0) is 42.0 Å². The maximum atomic E-state index is 11.8. The average molecular weight is 301 g/mol. The average Bonchev–Trinajstić information content (AvgIpc) is 2.56. The van der Waals surface area contributed by atoms with Gasteiger partial charge in [0.25, 0.3) is 0 Å². The highest BCUT2D eigenvalue weighted by atomic mass is 16.5. The number of hydrogen-bond acceptors (Lipinski definition) is 4. The van der Waals surface area contributed by atoms with Gasteiger partial charge in [-0.1, -0.05) is 12.1 Å². The van der Waals surface area contributed by atoms with Crippen LogP contribution in [0.25, 0.3) is 0 Å². The molecule has 116 valence electrons. The van der Waals surface area contributed by atoms with Crippen LogP contribution in [0.15, 0.2) is 48.5 Å². The van der Waals surface area contributed by atoms with Crippen LogP contribution in [0.5, 0.6) is 11.5 Å². The molecule has 5 heteroatoms. The van der Waals surface area contributed by atoms with E-state index in [0.29, 0.717) is 12.3 Å². The summed E-state index contributed by atoms with van der Waals surface area (Å²) >= 11 is 0. The number of benzene rings is 2. The Morgan fingerprint density at radius 2 is 1.73 bits per heavy atom. The van der Waals surface area contributed by atoms with Crippen molar-refractivity contribution in [2.24, 2.45) is 0 Å². The molecule has 2 aromatic carbocycles. The molecule has 2 aromatic rings. The second-order valence-corrected chi connectivity index (χ2v) is 4.62. The summed E-state index contributed by atoms with van der Waals surface area (Å²) in [6.45, 7) is 0.344. The number of rotatable bonds is 7. The van der Waals surface area contributed by atoms with E-state index < -0.39 is 0 Å². The van der Waals surface area contributed by atoms with Crippen molar-refractivity contribution in [1.29, 1.82) is 0 Å². The van der Waals surface area contributed by atoms with Crippen molar-refractivity contribution in [1.82, 2.24) is 0 Å². The van der Waals surface area contributed by atoms with Gasteiger partial charge in [0.2, 0.25) is 5.91 Å². The van der Waals surface area contributed by atoms with Crippen LogP contribution in [0, 0.1) is 0 Å². The Balaban J connectivity index is 1.77. The summed E-state index contributed by atoms with van der Waals surface area (Å²) in [7, 11) is 3.21. The number of ether oxygens (including phenoxy) is 3. The fraction of sp³-hybridized carbons (Fsp3) is 0.235. The zero-order valence-electron chi connectivity index (χ0n) is 12.7. The number of anilines is 1. The summed E-state index contributed by atoms with van der Waals surface area (Å²) in [6, 6.07) is 14.7. The van der Waals surface area contributed by atoms with E-state index in [1.54, 1.807) is 38.5 Å². The van der Waals surface area contributed by atoms with Crippen LogP contribution in [0.1, 0.15) is 5.56 Å². The third-order valence-electron chi connectivity index (χ3n) is 3.01. The van der Waals surface area contributed by atoms with Gasteiger partial charge < -0.3 is 19.5 Å². The lowest BCUT2D eigenvalue weighted by molar-refractivity contribution is -0.121. The Morgan fingerprint density at radius 3 is 2.41 bits per heavy atom. The van der Waals surface area contributed by atoms with Crippen molar-refractivity contribution in [3.05, 3.63) is 54.1 Å². The highest BCUT2D eigenvalue weighted by Gasteiger charge is 2.04. The topological polar surface area (TPSA) is 56.8 Å². The van der Waals surface area contributed by atoms with Crippen molar-refractivity contribution >= 4 is 11.6 Å². The molecule has 0 aromatic heterocycles. The Bertz CT molecular complexity index is 610. The first kappa shape index (κ1) is 15.9. The minimum Gasteiger partial charge on any atom is -0.497 e. The molecule has 0 aliphatic carbocycles. The molecule has 0 aliphatic heterocycles. The second-order valence-electron chi connectivity index (χ2n) is 4.62. The first-order chi connectivity index (χ1) is 10.7. The van der Waals surface area contributed by atoms with Gasteiger partial charge in [-0.25, -0.2) is 0 Å². The van der Waals surface area contributed by atoms with Gasteiger partial charge in [0, 0.05) is 5.69 Å². The Hall–Kier alpha value is -2.53. The van der Waals surface area contributed by atoms with E-state index >= 15 is 0 Å². The number of nitrogens with one attached hydrogen (secondary N) is 1. The van der Waals surface area contributed by atoms with Crippen LogP contribution >= 0.6 is 0 Å². The molecule has 0 radical (unpaired) electrons. The van der Waals surface area contributed by atoms with Crippen LogP contribution in [0.2, 0.25) is 0 Å². The zero-order chi connectivity index (χ0) is 15.8. The molecule has 0 spiro atoms.